The van der Waals surface area contributed by atoms with Gasteiger partial charge in [0.15, 0.2) is 0 Å². The molecule has 2 heterocycles. The molecule has 8 heteroatoms. The van der Waals surface area contributed by atoms with Crippen molar-refractivity contribution in [1.82, 2.24) is 20.1 Å². The molecule has 0 saturated carbocycles. The Kier molecular flexibility index (Phi) is 6.39. The Bertz CT molecular complexity index is 1130. The van der Waals surface area contributed by atoms with Crippen LogP contribution in [0.3, 0.4) is 0 Å². The van der Waals surface area contributed by atoms with Gasteiger partial charge >= 0.3 is 6.03 Å². The topological polar surface area (TPSA) is 92.7 Å². The number of ether oxygens (including phenoxy) is 1. The van der Waals surface area contributed by atoms with Crippen molar-refractivity contribution in [3.63, 3.8) is 0 Å². The van der Waals surface area contributed by atoms with Gasteiger partial charge in [-0.1, -0.05) is 30.3 Å². The summed E-state index contributed by atoms with van der Waals surface area (Å²) in [7, 11) is 1.63. The van der Waals surface area contributed by atoms with E-state index >= 15 is 0 Å². The van der Waals surface area contributed by atoms with Gasteiger partial charge in [-0.25, -0.2) is 4.79 Å². The number of urea groups is 1. The minimum absolute atomic E-state index is 0.0734. The zero-order valence-corrected chi connectivity index (χ0v) is 17.9. The Balaban J connectivity index is 1.25. The fourth-order valence-electron chi connectivity index (χ4n) is 3.89. The van der Waals surface area contributed by atoms with Gasteiger partial charge in [0.05, 0.1) is 13.5 Å². The van der Waals surface area contributed by atoms with Crippen molar-refractivity contribution in [3.8, 4) is 5.75 Å². The molecule has 0 unspecified atom stereocenters. The minimum Gasteiger partial charge on any atom is -0.497 e. The van der Waals surface area contributed by atoms with Gasteiger partial charge in [-0.2, -0.15) is 0 Å². The maximum atomic E-state index is 12.6. The van der Waals surface area contributed by atoms with Gasteiger partial charge in [0.1, 0.15) is 11.8 Å². The van der Waals surface area contributed by atoms with Gasteiger partial charge in [-0.3, -0.25) is 14.5 Å². The van der Waals surface area contributed by atoms with Crippen LogP contribution in [0.25, 0.3) is 10.9 Å². The summed E-state index contributed by atoms with van der Waals surface area (Å²) in [5, 5.41) is 6.52. The molecule has 1 aromatic heterocycles. The van der Waals surface area contributed by atoms with E-state index in [4.69, 9.17) is 4.74 Å². The number of amides is 4. The van der Waals surface area contributed by atoms with Crippen LogP contribution in [0.4, 0.5) is 4.79 Å². The van der Waals surface area contributed by atoms with Crippen LogP contribution >= 0.6 is 0 Å². The van der Waals surface area contributed by atoms with Crippen LogP contribution in [0.5, 0.6) is 5.75 Å². The van der Waals surface area contributed by atoms with E-state index in [1.165, 1.54) is 4.90 Å². The van der Waals surface area contributed by atoms with E-state index in [1.807, 2.05) is 65.4 Å². The van der Waals surface area contributed by atoms with E-state index in [0.717, 1.165) is 22.2 Å². The Morgan fingerprint density at radius 1 is 1.09 bits per heavy atom. The van der Waals surface area contributed by atoms with E-state index in [2.05, 4.69) is 10.6 Å². The minimum atomic E-state index is -0.821. The molecule has 32 heavy (non-hydrogen) atoms. The molecule has 1 fully saturated rings. The van der Waals surface area contributed by atoms with Crippen LogP contribution in [0, 0.1) is 0 Å². The Hall–Kier alpha value is -3.81. The molecule has 0 aliphatic carbocycles. The highest BCUT2D eigenvalue weighted by Crippen LogP contribution is 2.21. The molecule has 2 aromatic carbocycles. The van der Waals surface area contributed by atoms with Crippen LogP contribution in [-0.4, -0.2) is 53.6 Å². The van der Waals surface area contributed by atoms with Gasteiger partial charge in [0, 0.05) is 36.7 Å². The molecule has 4 amide bonds. The summed E-state index contributed by atoms with van der Waals surface area (Å²) in [6.45, 7) is 1.30. The standard InChI is InChI=1S/C24H26N4O4/c1-32-19-7-8-21-18(15-19)10-12-27(21)14-11-25-22(29)16-20-23(30)28(24(31)26-20)13-9-17-5-3-2-4-6-17/h2-8,10,12,15,20H,9,11,13-14,16H2,1H3,(H,25,29)(H,26,31)/t20-/m1/s1. The lowest BCUT2D eigenvalue weighted by atomic mass is 10.1. The number of hydrogen-bond acceptors (Lipinski definition) is 4. The van der Waals surface area contributed by atoms with Crippen molar-refractivity contribution < 1.29 is 19.1 Å². The number of rotatable bonds is 9. The monoisotopic (exact) mass is 434 g/mol. The van der Waals surface area contributed by atoms with Crippen molar-refractivity contribution >= 4 is 28.7 Å². The average molecular weight is 434 g/mol. The third-order valence-corrected chi connectivity index (χ3v) is 5.62. The van der Waals surface area contributed by atoms with Crippen LogP contribution in [-0.2, 0) is 22.6 Å². The van der Waals surface area contributed by atoms with Crippen LogP contribution in [0.2, 0.25) is 0 Å². The molecular formula is C24H26N4O4. The van der Waals surface area contributed by atoms with Gasteiger partial charge in [-0.05, 0) is 36.2 Å². The molecule has 1 atom stereocenters. The van der Waals surface area contributed by atoms with Crippen molar-refractivity contribution in [2.75, 3.05) is 20.2 Å². The number of nitrogens with one attached hydrogen (secondary N) is 2. The highest BCUT2D eigenvalue weighted by Gasteiger charge is 2.38. The second-order valence-corrected chi connectivity index (χ2v) is 7.72. The third-order valence-electron chi connectivity index (χ3n) is 5.62. The summed E-state index contributed by atoms with van der Waals surface area (Å²) < 4.78 is 7.29. The molecule has 8 nitrogen and oxygen atoms in total. The predicted octanol–water partition coefficient (Wildman–Crippen LogP) is 2.32. The van der Waals surface area contributed by atoms with Gasteiger partial charge in [-0.15, -0.1) is 0 Å². The lowest BCUT2D eigenvalue weighted by Crippen LogP contribution is -2.37. The molecule has 4 rings (SSSR count). The summed E-state index contributed by atoms with van der Waals surface area (Å²) in [5.74, 6) is 0.169. The highest BCUT2D eigenvalue weighted by atomic mass is 16.5. The lowest BCUT2D eigenvalue weighted by molar-refractivity contribution is -0.130. The smallest absolute Gasteiger partial charge is 0.324 e. The lowest BCUT2D eigenvalue weighted by Gasteiger charge is -2.13. The van der Waals surface area contributed by atoms with Crippen molar-refractivity contribution in [1.29, 1.82) is 0 Å². The molecule has 0 bridgehead atoms. The number of benzene rings is 2. The molecule has 1 aliphatic heterocycles. The number of fused-ring (bicyclic) bond motifs is 1. The van der Waals surface area contributed by atoms with Crippen molar-refractivity contribution in [2.45, 2.75) is 25.4 Å². The van der Waals surface area contributed by atoms with E-state index < -0.39 is 12.1 Å². The van der Waals surface area contributed by atoms with E-state index in [1.54, 1.807) is 7.11 Å². The normalized spacial score (nSPS) is 15.8. The molecule has 0 spiro atoms. The fraction of sp³-hybridized carbons (Fsp3) is 0.292. The number of hydrogen-bond donors (Lipinski definition) is 2. The Labute approximate surface area is 186 Å². The van der Waals surface area contributed by atoms with Gasteiger partial charge < -0.3 is 19.9 Å². The fourth-order valence-corrected chi connectivity index (χ4v) is 3.89. The van der Waals surface area contributed by atoms with Crippen LogP contribution in [0.1, 0.15) is 12.0 Å². The average Bonchev–Trinajstić information content (AvgIpc) is 3.32. The largest absolute Gasteiger partial charge is 0.497 e. The van der Waals surface area contributed by atoms with Crippen LogP contribution < -0.4 is 15.4 Å². The number of nitrogens with zero attached hydrogens (tertiary/aromatic N) is 2. The van der Waals surface area contributed by atoms with Crippen molar-refractivity contribution in [2.24, 2.45) is 0 Å². The molecule has 1 saturated heterocycles. The molecule has 0 radical (unpaired) electrons. The second kappa shape index (κ2) is 9.55. The maximum absolute atomic E-state index is 12.6. The zero-order valence-electron chi connectivity index (χ0n) is 17.9. The number of methoxy groups -OCH3 is 1. The maximum Gasteiger partial charge on any atom is 0.324 e. The first-order valence-corrected chi connectivity index (χ1v) is 10.6. The zero-order chi connectivity index (χ0) is 22.5. The second-order valence-electron chi connectivity index (χ2n) is 7.72. The summed E-state index contributed by atoms with van der Waals surface area (Å²) >= 11 is 0. The summed E-state index contributed by atoms with van der Waals surface area (Å²) in [6, 6.07) is 16.2. The van der Waals surface area contributed by atoms with E-state index in [0.29, 0.717) is 19.5 Å². The van der Waals surface area contributed by atoms with E-state index in [-0.39, 0.29) is 24.8 Å². The number of carbonyl (C=O) groups is 3. The van der Waals surface area contributed by atoms with E-state index in [9.17, 15) is 14.4 Å². The first-order chi connectivity index (χ1) is 15.5. The number of imide groups is 1. The molecular weight excluding hydrogens is 408 g/mol. The molecule has 2 N–H and O–H groups in total. The summed E-state index contributed by atoms with van der Waals surface area (Å²) in [6.07, 6.45) is 2.47. The Morgan fingerprint density at radius 2 is 1.91 bits per heavy atom. The third kappa shape index (κ3) is 4.74. The Morgan fingerprint density at radius 3 is 2.69 bits per heavy atom. The quantitative estimate of drug-likeness (QED) is 0.506. The first kappa shape index (κ1) is 21.4. The van der Waals surface area contributed by atoms with Crippen LogP contribution in [0.15, 0.2) is 60.8 Å². The highest BCUT2D eigenvalue weighted by molar-refractivity contribution is 6.05. The molecule has 1 aliphatic rings. The van der Waals surface area contributed by atoms with Gasteiger partial charge in [0.25, 0.3) is 5.91 Å². The number of carbonyl (C=O) groups excluding carboxylic acids is 3. The van der Waals surface area contributed by atoms with Gasteiger partial charge in [0.2, 0.25) is 5.91 Å². The molecule has 166 valence electrons. The summed E-state index contributed by atoms with van der Waals surface area (Å²) in [4.78, 5) is 38.3. The number of aromatic nitrogens is 1. The first-order valence-electron chi connectivity index (χ1n) is 10.6. The molecule has 3 aromatic rings. The summed E-state index contributed by atoms with van der Waals surface area (Å²) in [5.41, 5.74) is 2.10. The van der Waals surface area contributed by atoms with Crippen molar-refractivity contribution in [3.05, 3.63) is 66.4 Å². The predicted molar refractivity (Wildman–Crippen MR) is 120 cm³/mol. The SMILES string of the molecule is COc1ccc2c(ccn2CCNC(=O)C[C@H]2NC(=O)N(CCc3ccccc3)C2=O)c1.